The summed E-state index contributed by atoms with van der Waals surface area (Å²) >= 11 is 0. The van der Waals surface area contributed by atoms with E-state index < -0.39 is 0 Å². The fourth-order valence-corrected chi connectivity index (χ4v) is 3.37. The topological polar surface area (TPSA) is 93.2 Å². The van der Waals surface area contributed by atoms with E-state index in [1.165, 1.54) is 0 Å². The number of aromatic amines is 1. The van der Waals surface area contributed by atoms with Crippen molar-refractivity contribution in [3.63, 3.8) is 0 Å². The summed E-state index contributed by atoms with van der Waals surface area (Å²) in [6.45, 7) is 3.65. The monoisotopic (exact) mass is 367 g/mol. The highest BCUT2D eigenvalue weighted by Crippen LogP contribution is 2.26. The summed E-state index contributed by atoms with van der Waals surface area (Å²) in [6, 6.07) is 5.55. The number of rotatable bonds is 4. The molecule has 4 heterocycles. The maximum atomic E-state index is 11.9. The van der Waals surface area contributed by atoms with Crippen LogP contribution in [0.25, 0.3) is 10.9 Å². The van der Waals surface area contributed by atoms with Gasteiger partial charge in [0.2, 0.25) is 5.88 Å². The van der Waals surface area contributed by atoms with Gasteiger partial charge < -0.3 is 14.4 Å². The minimum Gasteiger partial charge on any atom is -0.489 e. The van der Waals surface area contributed by atoms with Crippen LogP contribution in [0.15, 0.2) is 35.4 Å². The van der Waals surface area contributed by atoms with Crippen LogP contribution < -0.4 is 19.9 Å². The number of anilines is 1. The highest BCUT2D eigenvalue weighted by atomic mass is 16.5. The third kappa shape index (κ3) is 3.55. The number of methoxy groups -OCH3 is 1. The number of H-pyrrole nitrogens is 1. The Hall–Kier alpha value is -3.16. The molecule has 0 aliphatic carbocycles. The van der Waals surface area contributed by atoms with E-state index in [4.69, 9.17) is 9.47 Å². The highest BCUT2D eigenvalue weighted by Gasteiger charge is 2.23. The molecule has 0 spiro atoms. The van der Waals surface area contributed by atoms with Crippen molar-refractivity contribution in [3.8, 4) is 11.6 Å². The van der Waals surface area contributed by atoms with Crippen molar-refractivity contribution >= 4 is 16.7 Å². The molecule has 3 aromatic rings. The van der Waals surface area contributed by atoms with E-state index in [1.54, 1.807) is 25.6 Å². The van der Waals surface area contributed by atoms with Crippen molar-refractivity contribution < 1.29 is 9.47 Å². The van der Waals surface area contributed by atoms with Crippen LogP contribution in [0.5, 0.6) is 11.6 Å². The lowest BCUT2D eigenvalue weighted by molar-refractivity contribution is 0.170. The zero-order valence-corrected chi connectivity index (χ0v) is 15.3. The zero-order valence-electron chi connectivity index (χ0n) is 15.3. The maximum Gasteiger partial charge on any atom is 0.273 e. The van der Waals surface area contributed by atoms with Crippen LogP contribution in [0.2, 0.25) is 0 Å². The molecule has 1 N–H and O–H groups in total. The second-order valence-electron chi connectivity index (χ2n) is 6.60. The minimum absolute atomic E-state index is 0.140. The van der Waals surface area contributed by atoms with E-state index >= 15 is 0 Å². The molecule has 0 aromatic carbocycles. The minimum atomic E-state index is -0.213. The Morgan fingerprint density at radius 1 is 1.22 bits per heavy atom. The average Bonchev–Trinajstić information content (AvgIpc) is 2.70. The van der Waals surface area contributed by atoms with Crippen LogP contribution >= 0.6 is 0 Å². The van der Waals surface area contributed by atoms with Gasteiger partial charge in [-0.25, -0.2) is 15.1 Å². The van der Waals surface area contributed by atoms with Gasteiger partial charge in [0, 0.05) is 32.0 Å². The molecule has 0 radical (unpaired) electrons. The number of ether oxygens (including phenoxy) is 2. The predicted molar refractivity (Wildman–Crippen MR) is 102 cm³/mol. The summed E-state index contributed by atoms with van der Waals surface area (Å²) < 4.78 is 11.1. The summed E-state index contributed by atoms with van der Waals surface area (Å²) in [4.78, 5) is 22.9. The van der Waals surface area contributed by atoms with Gasteiger partial charge >= 0.3 is 0 Å². The van der Waals surface area contributed by atoms with Crippen molar-refractivity contribution in [1.29, 1.82) is 0 Å². The summed E-state index contributed by atoms with van der Waals surface area (Å²) in [6.07, 6.45) is 5.19. The first-order valence-electron chi connectivity index (χ1n) is 8.91. The van der Waals surface area contributed by atoms with Gasteiger partial charge in [-0.15, -0.1) is 0 Å². The van der Waals surface area contributed by atoms with Crippen molar-refractivity contribution in [3.05, 3.63) is 46.5 Å². The molecule has 1 aliphatic heterocycles. The Morgan fingerprint density at radius 3 is 2.74 bits per heavy atom. The lowest BCUT2D eigenvalue weighted by Gasteiger charge is -2.33. The number of pyridine rings is 2. The summed E-state index contributed by atoms with van der Waals surface area (Å²) in [5, 5.41) is 6.86. The molecule has 0 bridgehead atoms. The number of hydrogen-bond acceptors (Lipinski definition) is 7. The number of hydrogen-bond donors (Lipinski definition) is 1. The second-order valence-corrected chi connectivity index (χ2v) is 6.60. The van der Waals surface area contributed by atoms with Crippen LogP contribution in [0.4, 0.5) is 5.82 Å². The third-order valence-corrected chi connectivity index (χ3v) is 4.78. The quantitative estimate of drug-likeness (QED) is 0.754. The summed E-state index contributed by atoms with van der Waals surface area (Å²) in [5.74, 6) is 2.22. The molecular weight excluding hydrogens is 346 g/mol. The Labute approximate surface area is 156 Å². The van der Waals surface area contributed by atoms with E-state index in [-0.39, 0.29) is 11.7 Å². The predicted octanol–water partition coefficient (Wildman–Crippen LogP) is 2.08. The molecule has 0 saturated carbocycles. The first-order chi connectivity index (χ1) is 13.1. The molecule has 1 saturated heterocycles. The number of nitrogens with zero attached hydrogens (tertiary/aromatic N) is 4. The molecule has 27 heavy (non-hydrogen) atoms. The number of aryl methyl sites for hydroxylation is 1. The van der Waals surface area contributed by atoms with Gasteiger partial charge in [0.25, 0.3) is 5.56 Å². The molecule has 4 rings (SSSR count). The standard InChI is InChI=1S/C19H21N5O3/c1-12-9-15-16(11-21-23-19(15)25)22-18(12)24-7-5-13(6-8-24)27-14-3-4-17(26-2)20-10-14/h3-4,9-11,13H,5-8H2,1-2H3,(H,23,25). The lowest BCUT2D eigenvalue weighted by atomic mass is 10.1. The first-order valence-corrected chi connectivity index (χ1v) is 8.91. The van der Waals surface area contributed by atoms with E-state index in [2.05, 4.69) is 25.1 Å². The number of piperidine rings is 1. The normalized spacial score (nSPS) is 15.1. The van der Waals surface area contributed by atoms with E-state index in [0.717, 1.165) is 43.1 Å². The smallest absolute Gasteiger partial charge is 0.273 e. The van der Waals surface area contributed by atoms with Crippen LogP contribution in [0.1, 0.15) is 18.4 Å². The Balaban J connectivity index is 1.45. The zero-order chi connectivity index (χ0) is 18.8. The molecule has 3 aromatic heterocycles. The molecule has 8 heteroatoms. The van der Waals surface area contributed by atoms with Gasteiger partial charge in [-0.2, -0.15) is 5.10 Å². The van der Waals surface area contributed by atoms with Gasteiger partial charge in [-0.05, 0) is 24.6 Å². The Bertz CT molecular complexity index is 994. The lowest BCUT2D eigenvalue weighted by Crippen LogP contribution is -2.39. The largest absolute Gasteiger partial charge is 0.489 e. The Kier molecular flexibility index (Phi) is 4.62. The maximum absolute atomic E-state index is 11.9. The molecular formula is C19H21N5O3. The fourth-order valence-electron chi connectivity index (χ4n) is 3.37. The molecule has 0 unspecified atom stereocenters. The van der Waals surface area contributed by atoms with Crippen molar-refractivity contribution in [2.75, 3.05) is 25.1 Å². The number of fused-ring (bicyclic) bond motifs is 1. The van der Waals surface area contributed by atoms with Crippen molar-refractivity contribution in [2.24, 2.45) is 0 Å². The molecule has 1 aliphatic rings. The van der Waals surface area contributed by atoms with Gasteiger partial charge in [-0.1, -0.05) is 0 Å². The van der Waals surface area contributed by atoms with Gasteiger partial charge in [0.15, 0.2) is 0 Å². The SMILES string of the molecule is COc1ccc(OC2CCN(c3nc4cn[nH]c(=O)c4cc3C)CC2)cn1. The number of nitrogens with one attached hydrogen (secondary N) is 1. The fraction of sp³-hybridized carbons (Fsp3) is 0.368. The summed E-state index contributed by atoms with van der Waals surface area (Å²) in [7, 11) is 1.59. The van der Waals surface area contributed by atoms with Gasteiger partial charge in [0.1, 0.15) is 17.7 Å². The first kappa shape index (κ1) is 17.3. The van der Waals surface area contributed by atoms with Gasteiger partial charge in [-0.3, -0.25) is 4.79 Å². The van der Waals surface area contributed by atoms with Crippen molar-refractivity contribution in [1.82, 2.24) is 20.2 Å². The van der Waals surface area contributed by atoms with Crippen molar-refractivity contribution in [2.45, 2.75) is 25.9 Å². The molecule has 8 nitrogen and oxygen atoms in total. The third-order valence-electron chi connectivity index (χ3n) is 4.78. The van der Waals surface area contributed by atoms with E-state index in [9.17, 15) is 4.79 Å². The average molecular weight is 367 g/mol. The van der Waals surface area contributed by atoms with E-state index in [0.29, 0.717) is 16.8 Å². The van der Waals surface area contributed by atoms with Gasteiger partial charge in [0.05, 0.1) is 30.4 Å². The highest BCUT2D eigenvalue weighted by molar-refractivity contribution is 5.80. The van der Waals surface area contributed by atoms with Crippen LogP contribution in [-0.2, 0) is 0 Å². The Morgan fingerprint density at radius 2 is 2.04 bits per heavy atom. The van der Waals surface area contributed by atoms with Crippen LogP contribution in [0, 0.1) is 6.92 Å². The van der Waals surface area contributed by atoms with Crippen LogP contribution in [0.3, 0.4) is 0 Å². The molecule has 140 valence electrons. The number of aromatic nitrogens is 4. The molecule has 0 amide bonds. The second kappa shape index (κ2) is 7.22. The molecule has 0 atom stereocenters. The summed E-state index contributed by atoms with van der Waals surface area (Å²) in [5.41, 5.74) is 1.38. The van der Waals surface area contributed by atoms with E-state index in [1.807, 2.05) is 19.1 Å². The molecule has 1 fully saturated rings. The van der Waals surface area contributed by atoms with Crippen LogP contribution in [-0.4, -0.2) is 46.5 Å².